The highest BCUT2D eigenvalue weighted by atomic mass is 32.1. The number of urea groups is 1. The molecule has 0 aliphatic heterocycles. The van der Waals surface area contributed by atoms with Crippen molar-refractivity contribution in [1.29, 1.82) is 0 Å². The zero-order chi connectivity index (χ0) is 18.8. The number of carbonyl (C=O) groups excluding carboxylic acids is 3. The maximum atomic E-state index is 11.9. The van der Waals surface area contributed by atoms with E-state index >= 15 is 0 Å². The number of thiazole rings is 1. The standard InChI is InChI=1S/C16H26N4O4S/c1-5-11(4)18-15(23)20-13(21)8-24-14(22)12-9-25-16(19-12)17-7-6-10(2)3/h9-11H,5-8H2,1-4H3,(H,17,19)(H2,18,20,21,23)/t11-/m1/s1. The van der Waals surface area contributed by atoms with Gasteiger partial charge < -0.3 is 15.4 Å². The van der Waals surface area contributed by atoms with Gasteiger partial charge in [-0.15, -0.1) is 11.3 Å². The number of rotatable bonds is 9. The van der Waals surface area contributed by atoms with Crippen LogP contribution in [0, 0.1) is 5.92 Å². The fourth-order valence-corrected chi connectivity index (χ4v) is 2.35. The van der Waals surface area contributed by atoms with Gasteiger partial charge in [0.1, 0.15) is 0 Å². The molecular formula is C16H26N4O4S. The smallest absolute Gasteiger partial charge is 0.358 e. The lowest BCUT2D eigenvalue weighted by Crippen LogP contribution is -2.44. The lowest BCUT2D eigenvalue weighted by atomic mass is 10.1. The molecule has 25 heavy (non-hydrogen) atoms. The number of hydrogen-bond acceptors (Lipinski definition) is 7. The molecule has 140 valence electrons. The number of hydrogen-bond donors (Lipinski definition) is 3. The van der Waals surface area contributed by atoms with E-state index in [0.29, 0.717) is 11.0 Å². The molecule has 0 aromatic carbocycles. The van der Waals surface area contributed by atoms with Crippen LogP contribution in [0.2, 0.25) is 0 Å². The van der Waals surface area contributed by atoms with Crippen LogP contribution in [-0.2, 0) is 9.53 Å². The molecule has 0 saturated heterocycles. The second kappa shape index (κ2) is 10.7. The van der Waals surface area contributed by atoms with Crippen molar-refractivity contribution >= 4 is 34.4 Å². The molecule has 3 amide bonds. The van der Waals surface area contributed by atoms with Crippen LogP contribution in [0.3, 0.4) is 0 Å². The number of carbonyl (C=O) groups is 3. The van der Waals surface area contributed by atoms with Crippen LogP contribution < -0.4 is 16.0 Å². The van der Waals surface area contributed by atoms with E-state index in [9.17, 15) is 14.4 Å². The van der Waals surface area contributed by atoms with Gasteiger partial charge in [0, 0.05) is 18.0 Å². The molecule has 1 heterocycles. The van der Waals surface area contributed by atoms with Crippen molar-refractivity contribution in [2.24, 2.45) is 5.92 Å². The fourth-order valence-electron chi connectivity index (χ4n) is 1.65. The first-order chi connectivity index (χ1) is 11.8. The van der Waals surface area contributed by atoms with Crippen molar-refractivity contribution in [3.8, 4) is 0 Å². The highest BCUT2D eigenvalue weighted by molar-refractivity contribution is 7.13. The van der Waals surface area contributed by atoms with Crippen molar-refractivity contribution in [3.63, 3.8) is 0 Å². The Hall–Kier alpha value is -2.16. The van der Waals surface area contributed by atoms with Gasteiger partial charge in [-0.2, -0.15) is 0 Å². The third-order valence-corrected chi connectivity index (χ3v) is 4.09. The molecule has 1 aromatic rings. The largest absolute Gasteiger partial charge is 0.451 e. The third kappa shape index (κ3) is 8.48. The van der Waals surface area contributed by atoms with Crippen LogP contribution in [-0.4, -0.2) is 42.1 Å². The Bertz CT molecular complexity index is 588. The summed E-state index contributed by atoms with van der Waals surface area (Å²) in [4.78, 5) is 39.1. The summed E-state index contributed by atoms with van der Waals surface area (Å²) in [6.07, 6.45) is 1.74. The number of nitrogens with zero attached hydrogens (tertiary/aromatic N) is 1. The third-order valence-electron chi connectivity index (χ3n) is 3.29. The van der Waals surface area contributed by atoms with Crippen LogP contribution in [0.5, 0.6) is 0 Å². The van der Waals surface area contributed by atoms with E-state index in [4.69, 9.17) is 4.74 Å². The first-order valence-corrected chi connectivity index (χ1v) is 9.16. The summed E-state index contributed by atoms with van der Waals surface area (Å²) >= 11 is 1.30. The van der Waals surface area contributed by atoms with Crippen molar-refractivity contribution in [2.75, 3.05) is 18.5 Å². The van der Waals surface area contributed by atoms with E-state index in [1.54, 1.807) is 5.38 Å². The molecule has 0 fully saturated rings. The second-order valence-corrected chi connectivity index (χ2v) is 6.91. The van der Waals surface area contributed by atoms with E-state index in [0.717, 1.165) is 19.4 Å². The molecule has 0 spiro atoms. The lowest BCUT2D eigenvalue weighted by molar-refractivity contribution is -0.123. The van der Waals surface area contributed by atoms with E-state index in [1.807, 2.05) is 13.8 Å². The second-order valence-electron chi connectivity index (χ2n) is 6.05. The van der Waals surface area contributed by atoms with Gasteiger partial charge in [0.05, 0.1) is 0 Å². The summed E-state index contributed by atoms with van der Waals surface area (Å²) in [5, 5.41) is 10.0. The highest BCUT2D eigenvalue weighted by Gasteiger charge is 2.16. The molecule has 0 bridgehead atoms. The van der Waals surface area contributed by atoms with Crippen molar-refractivity contribution < 1.29 is 19.1 Å². The van der Waals surface area contributed by atoms with Gasteiger partial charge in [-0.3, -0.25) is 10.1 Å². The zero-order valence-electron chi connectivity index (χ0n) is 15.0. The predicted octanol–water partition coefficient (Wildman–Crippen LogP) is 2.38. The molecule has 1 rings (SSSR count). The summed E-state index contributed by atoms with van der Waals surface area (Å²) in [6.45, 7) is 8.21. The number of nitrogens with one attached hydrogen (secondary N) is 3. The Morgan fingerprint density at radius 3 is 2.64 bits per heavy atom. The van der Waals surface area contributed by atoms with E-state index in [1.165, 1.54) is 11.3 Å². The number of anilines is 1. The van der Waals surface area contributed by atoms with Crippen LogP contribution in [0.15, 0.2) is 5.38 Å². The van der Waals surface area contributed by atoms with Crippen LogP contribution in [0.1, 0.15) is 51.0 Å². The molecule has 0 unspecified atom stereocenters. The summed E-state index contributed by atoms with van der Waals surface area (Å²) in [6, 6.07) is -0.660. The molecular weight excluding hydrogens is 344 g/mol. The minimum absolute atomic E-state index is 0.0491. The molecule has 0 aliphatic carbocycles. The molecule has 3 N–H and O–H groups in total. The quantitative estimate of drug-likeness (QED) is 0.576. The molecule has 0 radical (unpaired) electrons. The number of amides is 3. The first-order valence-electron chi connectivity index (χ1n) is 8.28. The first kappa shape index (κ1) is 20.9. The minimum Gasteiger partial charge on any atom is -0.451 e. The normalized spacial score (nSPS) is 11.7. The van der Waals surface area contributed by atoms with E-state index < -0.39 is 24.5 Å². The van der Waals surface area contributed by atoms with Gasteiger partial charge in [0.25, 0.3) is 5.91 Å². The van der Waals surface area contributed by atoms with Gasteiger partial charge in [-0.05, 0) is 25.7 Å². The average molecular weight is 370 g/mol. The van der Waals surface area contributed by atoms with Crippen LogP contribution in [0.4, 0.5) is 9.93 Å². The summed E-state index contributed by atoms with van der Waals surface area (Å²) in [5.74, 6) is -0.821. The lowest BCUT2D eigenvalue weighted by Gasteiger charge is -2.11. The Balaban J connectivity index is 2.35. The molecule has 0 aliphatic rings. The van der Waals surface area contributed by atoms with Crippen molar-refractivity contribution in [3.05, 3.63) is 11.1 Å². The highest BCUT2D eigenvalue weighted by Crippen LogP contribution is 2.16. The SMILES string of the molecule is CC[C@@H](C)NC(=O)NC(=O)COC(=O)c1csc(NCCC(C)C)n1. The average Bonchev–Trinajstić information content (AvgIpc) is 3.00. The fraction of sp³-hybridized carbons (Fsp3) is 0.625. The predicted molar refractivity (Wildman–Crippen MR) is 96.8 cm³/mol. The van der Waals surface area contributed by atoms with Gasteiger partial charge >= 0.3 is 12.0 Å². The van der Waals surface area contributed by atoms with E-state index in [2.05, 4.69) is 34.8 Å². The topological polar surface area (TPSA) is 109 Å². The molecule has 9 heteroatoms. The van der Waals surface area contributed by atoms with Crippen molar-refractivity contribution in [1.82, 2.24) is 15.6 Å². The Kier molecular flexibility index (Phi) is 8.90. The van der Waals surface area contributed by atoms with Gasteiger partial charge in [-0.1, -0.05) is 20.8 Å². The maximum Gasteiger partial charge on any atom is 0.358 e. The monoisotopic (exact) mass is 370 g/mol. The van der Waals surface area contributed by atoms with Gasteiger partial charge in [0.15, 0.2) is 17.4 Å². The minimum atomic E-state index is -0.703. The van der Waals surface area contributed by atoms with Crippen molar-refractivity contribution in [2.45, 2.75) is 46.6 Å². The number of imide groups is 1. The molecule has 8 nitrogen and oxygen atoms in total. The number of esters is 1. The van der Waals surface area contributed by atoms with Crippen LogP contribution >= 0.6 is 11.3 Å². The molecule has 1 atom stereocenters. The van der Waals surface area contributed by atoms with Gasteiger partial charge in [0.2, 0.25) is 0 Å². The van der Waals surface area contributed by atoms with Crippen LogP contribution in [0.25, 0.3) is 0 Å². The summed E-state index contributed by atoms with van der Waals surface area (Å²) in [5.41, 5.74) is 0.133. The number of ether oxygens (including phenoxy) is 1. The maximum absolute atomic E-state index is 11.9. The summed E-state index contributed by atoms with van der Waals surface area (Å²) in [7, 11) is 0. The molecule has 1 aromatic heterocycles. The Labute approximate surface area is 151 Å². The zero-order valence-corrected chi connectivity index (χ0v) is 15.9. The Morgan fingerprint density at radius 2 is 2.00 bits per heavy atom. The van der Waals surface area contributed by atoms with E-state index in [-0.39, 0.29) is 11.7 Å². The Morgan fingerprint density at radius 1 is 1.28 bits per heavy atom. The summed E-state index contributed by atoms with van der Waals surface area (Å²) < 4.78 is 4.86. The number of aromatic nitrogens is 1. The molecule has 0 saturated carbocycles. The van der Waals surface area contributed by atoms with Gasteiger partial charge in [-0.25, -0.2) is 14.6 Å².